The Bertz CT molecular complexity index is 640. The third-order valence-corrected chi connectivity index (χ3v) is 5.20. The first-order valence-electron chi connectivity index (χ1n) is 9.29. The van der Waals surface area contributed by atoms with Gasteiger partial charge in [0.1, 0.15) is 0 Å². The van der Waals surface area contributed by atoms with E-state index in [9.17, 15) is 9.59 Å². The van der Waals surface area contributed by atoms with Crippen molar-refractivity contribution in [2.45, 2.75) is 45.6 Å². The van der Waals surface area contributed by atoms with Crippen LogP contribution >= 0.6 is 0 Å². The second-order valence-corrected chi connectivity index (χ2v) is 7.24. The Hall–Kier alpha value is -1.95. The van der Waals surface area contributed by atoms with Gasteiger partial charge in [-0.3, -0.25) is 14.6 Å². The van der Waals surface area contributed by atoms with Crippen LogP contribution in [-0.2, 0) is 4.79 Å². The molecule has 0 spiro atoms. The molecule has 1 aromatic rings. The lowest BCUT2D eigenvalue weighted by atomic mass is 9.97. The Balaban J connectivity index is 1.55. The van der Waals surface area contributed by atoms with Crippen LogP contribution in [0.3, 0.4) is 0 Å². The number of amides is 2. The molecule has 0 aliphatic carbocycles. The maximum absolute atomic E-state index is 12.8. The van der Waals surface area contributed by atoms with Crippen LogP contribution in [0.15, 0.2) is 12.1 Å². The number of nitrogens with one attached hydrogen (secondary N) is 2. The third kappa shape index (κ3) is 4.37. The zero-order chi connectivity index (χ0) is 17.8. The summed E-state index contributed by atoms with van der Waals surface area (Å²) in [5.74, 6) is 0.472. The molecule has 2 fully saturated rings. The largest absolute Gasteiger partial charge is 0.354 e. The average Bonchev–Trinajstić information content (AvgIpc) is 3.14. The van der Waals surface area contributed by atoms with E-state index in [1.807, 2.05) is 30.9 Å². The van der Waals surface area contributed by atoms with Crippen molar-refractivity contribution in [1.82, 2.24) is 20.5 Å². The predicted octanol–water partition coefficient (Wildman–Crippen LogP) is 1.42. The minimum atomic E-state index is -0.0393. The van der Waals surface area contributed by atoms with Crippen molar-refractivity contribution in [2.24, 2.45) is 5.92 Å². The number of aromatic nitrogens is 1. The van der Waals surface area contributed by atoms with Crippen molar-refractivity contribution in [3.8, 4) is 0 Å². The molecule has 1 aromatic heterocycles. The molecule has 3 heterocycles. The predicted molar refractivity (Wildman–Crippen MR) is 96.4 cm³/mol. The number of nitrogens with zero attached hydrogens (tertiary/aromatic N) is 2. The minimum Gasteiger partial charge on any atom is -0.354 e. The Morgan fingerprint density at radius 3 is 2.84 bits per heavy atom. The molecule has 2 amide bonds. The van der Waals surface area contributed by atoms with Gasteiger partial charge in [0.25, 0.3) is 5.91 Å². The molecule has 2 aliphatic heterocycles. The first-order chi connectivity index (χ1) is 12.0. The Labute approximate surface area is 149 Å². The molecule has 136 valence electrons. The highest BCUT2D eigenvalue weighted by molar-refractivity contribution is 5.95. The number of rotatable bonds is 4. The summed E-state index contributed by atoms with van der Waals surface area (Å²) in [5, 5.41) is 6.28. The first kappa shape index (κ1) is 17.9. The third-order valence-electron chi connectivity index (χ3n) is 5.20. The number of pyridine rings is 1. The fourth-order valence-corrected chi connectivity index (χ4v) is 3.78. The van der Waals surface area contributed by atoms with E-state index < -0.39 is 0 Å². The van der Waals surface area contributed by atoms with Gasteiger partial charge in [-0.2, -0.15) is 0 Å². The van der Waals surface area contributed by atoms with Crippen molar-refractivity contribution < 1.29 is 9.59 Å². The summed E-state index contributed by atoms with van der Waals surface area (Å²) in [7, 11) is 0. The monoisotopic (exact) mass is 344 g/mol. The van der Waals surface area contributed by atoms with Gasteiger partial charge in [0.05, 0.1) is 17.3 Å². The molecule has 6 nitrogen and oxygen atoms in total. The van der Waals surface area contributed by atoms with Crippen molar-refractivity contribution in [3.05, 3.63) is 29.1 Å². The van der Waals surface area contributed by atoms with Crippen LogP contribution < -0.4 is 10.6 Å². The molecule has 2 unspecified atom stereocenters. The number of piperidine rings is 1. The van der Waals surface area contributed by atoms with Crippen molar-refractivity contribution in [3.63, 3.8) is 0 Å². The smallest absolute Gasteiger partial charge is 0.255 e. The van der Waals surface area contributed by atoms with Crippen LogP contribution in [0.4, 0.5) is 0 Å². The lowest BCUT2D eigenvalue weighted by molar-refractivity contribution is -0.123. The van der Waals surface area contributed by atoms with E-state index in [0.29, 0.717) is 24.6 Å². The van der Waals surface area contributed by atoms with E-state index >= 15 is 0 Å². The Morgan fingerprint density at radius 2 is 2.12 bits per heavy atom. The molecular formula is C19H28N4O2. The van der Waals surface area contributed by atoms with Gasteiger partial charge in [0.15, 0.2) is 0 Å². The summed E-state index contributed by atoms with van der Waals surface area (Å²) >= 11 is 0. The van der Waals surface area contributed by atoms with Crippen molar-refractivity contribution in [2.75, 3.05) is 26.2 Å². The standard InChI is InChI=1S/C19H28N4O2/c1-13-7-8-16(14(2)22-13)19(25)23-10-4-5-15(12-23)11-21-18(24)17-6-3-9-20-17/h7-8,15,17,20H,3-6,9-12H2,1-2H3,(H,21,24). The number of carbonyl (C=O) groups is 2. The van der Waals surface area contributed by atoms with Crippen LogP contribution in [0.25, 0.3) is 0 Å². The van der Waals surface area contributed by atoms with Crippen LogP contribution in [0.1, 0.15) is 47.4 Å². The normalized spacial score (nSPS) is 23.5. The molecule has 25 heavy (non-hydrogen) atoms. The van der Waals surface area contributed by atoms with Crippen molar-refractivity contribution >= 4 is 11.8 Å². The average molecular weight is 344 g/mol. The summed E-state index contributed by atoms with van der Waals surface area (Å²) in [4.78, 5) is 31.3. The number of carbonyl (C=O) groups excluding carboxylic acids is 2. The summed E-state index contributed by atoms with van der Waals surface area (Å²) in [5.41, 5.74) is 2.40. The number of hydrogen-bond acceptors (Lipinski definition) is 4. The molecule has 0 saturated carbocycles. The fourth-order valence-electron chi connectivity index (χ4n) is 3.78. The minimum absolute atomic E-state index is 0.0393. The molecule has 2 saturated heterocycles. The maximum Gasteiger partial charge on any atom is 0.255 e. The lowest BCUT2D eigenvalue weighted by Crippen LogP contribution is -2.46. The van der Waals surface area contributed by atoms with E-state index in [4.69, 9.17) is 0 Å². The molecule has 2 aliphatic rings. The number of hydrogen-bond donors (Lipinski definition) is 2. The van der Waals surface area contributed by atoms with Crippen molar-refractivity contribution in [1.29, 1.82) is 0 Å². The van der Waals surface area contributed by atoms with Gasteiger partial charge < -0.3 is 15.5 Å². The SMILES string of the molecule is Cc1ccc(C(=O)N2CCCC(CNC(=O)C3CCCN3)C2)c(C)n1. The molecular weight excluding hydrogens is 316 g/mol. The van der Waals surface area contributed by atoms with Crippen LogP contribution in [0, 0.1) is 19.8 Å². The Kier molecular flexibility index (Phi) is 5.68. The zero-order valence-corrected chi connectivity index (χ0v) is 15.2. The van der Waals surface area contributed by atoms with E-state index in [1.165, 1.54) is 0 Å². The second kappa shape index (κ2) is 7.95. The molecule has 2 atom stereocenters. The van der Waals surface area contributed by atoms with Gasteiger partial charge >= 0.3 is 0 Å². The van der Waals surface area contributed by atoms with E-state index in [0.717, 1.165) is 50.2 Å². The summed E-state index contributed by atoms with van der Waals surface area (Å²) in [6.07, 6.45) is 4.01. The Morgan fingerprint density at radius 1 is 1.28 bits per heavy atom. The summed E-state index contributed by atoms with van der Waals surface area (Å²) in [6.45, 7) is 6.86. The molecule has 0 radical (unpaired) electrons. The van der Waals surface area contributed by atoms with Gasteiger partial charge in [0, 0.05) is 25.3 Å². The van der Waals surface area contributed by atoms with Gasteiger partial charge in [-0.1, -0.05) is 0 Å². The highest BCUT2D eigenvalue weighted by Gasteiger charge is 2.27. The molecule has 3 rings (SSSR count). The summed E-state index contributed by atoms with van der Waals surface area (Å²) < 4.78 is 0. The highest BCUT2D eigenvalue weighted by Crippen LogP contribution is 2.19. The molecule has 6 heteroatoms. The molecule has 0 bridgehead atoms. The van der Waals surface area contributed by atoms with Gasteiger partial charge in [0.2, 0.25) is 5.91 Å². The van der Waals surface area contributed by atoms with Crippen LogP contribution in [0.2, 0.25) is 0 Å². The summed E-state index contributed by atoms with van der Waals surface area (Å²) in [6, 6.07) is 3.72. The van der Waals surface area contributed by atoms with E-state index in [2.05, 4.69) is 15.6 Å². The van der Waals surface area contributed by atoms with E-state index in [1.54, 1.807) is 0 Å². The van der Waals surface area contributed by atoms with Crippen LogP contribution in [-0.4, -0.2) is 53.9 Å². The number of likely N-dealkylation sites (tertiary alicyclic amines) is 1. The lowest BCUT2D eigenvalue weighted by Gasteiger charge is -2.33. The maximum atomic E-state index is 12.8. The quantitative estimate of drug-likeness (QED) is 0.866. The second-order valence-electron chi connectivity index (χ2n) is 7.24. The zero-order valence-electron chi connectivity index (χ0n) is 15.2. The highest BCUT2D eigenvalue weighted by atomic mass is 16.2. The first-order valence-corrected chi connectivity index (χ1v) is 9.29. The fraction of sp³-hybridized carbons (Fsp3) is 0.632. The molecule has 2 N–H and O–H groups in total. The number of aryl methyl sites for hydroxylation is 2. The van der Waals surface area contributed by atoms with E-state index in [-0.39, 0.29) is 17.9 Å². The van der Waals surface area contributed by atoms with Crippen LogP contribution in [0.5, 0.6) is 0 Å². The van der Waals surface area contributed by atoms with Gasteiger partial charge in [-0.05, 0) is 64.1 Å². The van der Waals surface area contributed by atoms with Gasteiger partial charge in [-0.25, -0.2) is 0 Å². The molecule has 0 aromatic carbocycles. The topological polar surface area (TPSA) is 74.3 Å². The van der Waals surface area contributed by atoms with Gasteiger partial charge in [-0.15, -0.1) is 0 Å².